The maximum absolute atomic E-state index is 13.3. The number of hydrogen-bond donors (Lipinski definition) is 3. The SMILES string of the molecule is COc1cccc([C@H]2C3=C(Nc4nc(N)[nH]c(=O)c42)c2ccccc2C3=O)c1. The van der Waals surface area contributed by atoms with Crippen LogP contribution >= 0.6 is 0 Å². The second kappa shape index (κ2) is 5.82. The van der Waals surface area contributed by atoms with Gasteiger partial charge in [0.05, 0.1) is 18.4 Å². The predicted octanol–water partition coefficient (Wildman–Crippen LogP) is 2.53. The van der Waals surface area contributed by atoms with E-state index in [4.69, 9.17) is 10.5 Å². The molecule has 1 aromatic heterocycles. The Morgan fingerprint density at radius 1 is 1.07 bits per heavy atom. The van der Waals surface area contributed by atoms with Crippen molar-refractivity contribution in [2.75, 3.05) is 18.2 Å². The van der Waals surface area contributed by atoms with Crippen molar-refractivity contribution >= 4 is 23.2 Å². The number of aromatic amines is 1. The van der Waals surface area contributed by atoms with Gasteiger partial charge in [-0.15, -0.1) is 0 Å². The molecular weight excluding hydrogens is 356 g/mol. The molecule has 1 atom stereocenters. The number of anilines is 2. The highest BCUT2D eigenvalue weighted by molar-refractivity contribution is 6.23. The van der Waals surface area contributed by atoms with Gasteiger partial charge in [0.25, 0.3) is 5.56 Å². The molecule has 7 heteroatoms. The monoisotopic (exact) mass is 372 g/mol. The van der Waals surface area contributed by atoms with E-state index in [9.17, 15) is 9.59 Å². The lowest BCUT2D eigenvalue weighted by atomic mass is 9.81. The van der Waals surface area contributed by atoms with Crippen molar-refractivity contribution < 1.29 is 9.53 Å². The highest BCUT2D eigenvalue weighted by Gasteiger charge is 2.42. The number of nitrogens with one attached hydrogen (secondary N) is 2. The van der Waals surface area contributed by atoms with Crippen LogP contribution in [0.2, 0.25) is 0 Å². The second-order valence-electron chi connectivity index (χ2n) is 6.71. The van der Waals surface area contributed by atoms with Crippen molar-refractivity contribution in [1.82, 2.24) is 9.97 Å². The number of ketones is 1. The largest absolute Gasteiger partial charge is 0.497 e. The fourth-order valence-electron chi connectivity index (χ4n) is 3.99. The summed E-state index contributed by atoms with van der Waals surface area (Å²) in [7, 11) is 1.58. The highest BCUT2D eigenvalue weighted by atomic mass is 16.5. The number of carbonyl (C=O) groups excluding carboxylic acids is 1. The number of carbonyl (C=O) groups is 1. The summed E-state index contributed by atoms with van der Waals surface area (Å²) in [5.74, 6) is 0.327. The lowest BCUT2D eigenvalue weighted by Gasteiger charge is -2.27. The van der Waals surface area contributed by atoms with E-state index in [0.29, 0.717) is 34.0 Å². The number of H-pyrrole nitrogens is 1. The van der Waals surface area contributed by atoms with Gasteiger partial charge in [-0.3, -0.25) is 14.6 Å². The van der Waals surface area contributed by atoms with E-state index in [1.807, 2.05) is 42.5 Å². The van der Waals surface area contributed by atoms with Gasteiger partial charge in [-0.1, -0.05) is 36.4 Å². The zero-order valence-electron chi connectivity index (χ0n) is 14.9. The van der Waals surface area contributed by atoms with Crippen LogP contribution in [0.3, 0.4) is 0 Å². The van der Waals surface area contributed by atoms with Crippen molar-refractivity contribution in [3.05, 3.63) is 86.7 Å². The lowest BCUT2D eigenvalue weighted by molar-refractivity contribution is 0.103. The van der Waals surface area contributed by atoms with Crippen LogP contribution in [0, 0.1) is 0 Å². The van der Waals surface area contributed by atoms with E-state index in [0.717, 1.165) is 11.1 Å². The van der Waals surface area contributed by atoms with Gasteiger partial charge in [0, 0.05) is 22.6 Å². The first kappa shape index (κ1) is 16.3. The molecule has 0 bridgehead atoms. The molecule has 1 aliphatic heterocycles. The summed E-state index contributed by atoms with van der Waals surface area (Å²) in [5.41, 5.74) is 9.11. The Balaban J connectivity index is 1.82. The van der Waals surface area contributed by atoms with Crippen LogP contribution in [0.15, 0.2) is 58.9 Å². The van der Waals surface area contributed by atoms with Crippen LogP contribution in [-0.4, -0.2) is 22.9 Å². The van der Waals surface area contributed by atoms with E-state index in [1.165, 1.54) is 0 Å². The molecule has 5 rings (SSSR count). The molecule has 3 aromatic rings. The van der Waals surface area contributed by atoms with Crippen LogP contribution in [0.4, 0.5) is 11.8 Å². The molecule has 0 unspecified atom stereocenters. The van der Waals surface area contributed by atoms with Crippen LogP contribution in [0.1, 0.15) is 33.0 Å². The fraction of sp³-hybridized carbons (Fsp3) is 0.0952. The number of Topliss-reactive ketones (excluding diaryl/α,β-unsaturated/α-hetero) is 1. The number of nitrogens with two attached hydrogens (primary N) is 1. The minimum atomic E-state index is -0.585. The van der Waals surface area contributed by atoms with Crippen molar-refractivity contribution in [1.29, 1.82) is 0 Å². The van der Waals surface area contributed by atoms with E-state index >= 15 is 0 Å². The number of ether oxygens (including phenoxy) is 1. The average molecular weight is 372 g/mol. The predicted molar refractivity (Wildman–Crippen MR) is 105 cm³/mol. The number of nitrogens with zero attached hydrogens (tertiary/aromatic N) is 1. The first-order valence-corrected chi connectivity index (χ1v) is 8.77. The van der Waals surface area contributed by atoms with Gasteiger partial charge in [0.2, 0.25) is 5.95 Å². The normalized spacial score (nSPS) is 16.9. The van der Waals surface area contributed by atoms with Gasteiger partial charge < -0.3 is 15.8 Å². The van der Waals surface area contributed by atoms with Gasteiger partial charge in [0.1, 0.15) is 11.6 Å². The first-order chi connectivity index (χ1) is 13.6. The average Bonchev–Trinajstić information content (AvgIpc) is 2.99. The zero-order valence-corrected chi connectivity index (χ0v) is 14.9. The van der Waals surface area contributed by atoms with Crippen LogP contribution in [0.25, 0.3) is 5.70 Å². The minimum absolute atomic E-state index is 0.0160. The molecule has 2 aliphatic rings. The van der Waals surface area contributed by atoms with Gasteiger partial charge in [-0.05, 0) is 17.7 Å². The Labute approximate surface area is 159 Å². The van der Waals surface area contributed by atoms with Gasteiger partial charge in [0.15, 0.2) is 5.78 Å². The van der Waals surface area contributed by atoms with Crippen molar-refractivity contribution in [2.24, 2.45) is 0 Å². The molecule has 7 nitrogen and oxygen atoms in total. The van der Waals surface area contributed by atoms with Gasteiger partial charge >= 0.3 is 0 Å². The summed E-state index contributed by atoms with van der Waals surface area (Å²) in [6, 6.07) is 14.7. The number of benzene rings is 2. The van der Waals surface area contributed by atoms with Crippen molar-refractivity contribution in [3.8, 4) is 5.75 Å². The molecule has 1 aliphatic carbocycles. The maximum Gasteiger partial charge on any atom is 0.258 e. The Kier molecular flexibility index (Phi) is 3.39. The summed E-state index contributed by atoms with van der Waals surface area (Å²) in [6.45, 7) is 0. The quantitative estimate of drug-likeness (QED) is 0.638. The van der Waals surface area contributed by atoms with E-state index in [-0.39, 0.29) is 17.3 Å². The number of hydrogen-bond acceptors (Lipinski definition) is 6. The zero-order chi connectivity index (χ0) is 19.4. The van der Waals surface area contributed by atoms with Gasteiger partial charge in [-0.25, -0.2) is 0 Å². The summed E-state index contributed by atoms with van der Waals surface area (Å²) in [6.07, 6.45) is 0. The topological polar surface area (TPSA) is 110 Å². The molecule has 0 radical (unpaired) electrons. The summed E-state index contributed by atoms with van der Waals surface area (Å²) < 4.78 is 5.34. The van der Waals surface area contributed by atoms with Crippen LogP contribution in [-0.2, 0) is 0 Å². The third kappa shape index (κ3) is 2.19. The van der Waals surface area contributed by atoms with E-state index in [1.54, 1.807) is 13.2 Å². The fourth-order valence-corrected chi connectivity index (χ4v) is 3.99. The number of nitrogen functional groups attached to an aromatic ring is 1. The molecule has 0 saturated carbocycles. The highest BCUT2D eigenvalue weighted by Crippen LogP contribution is 2.47. The maximum atomic E-state index is 13.3. The summed E-state index contributed by atoms with van der Waals surface area (Å²) >= 11 is 0. The molecule has 0 amide bonds. The molecule has 138 valence electrons. The Morgan fingerprint density at radius 2 is 1.86 bits per heavy atom. The molecule has 28 heavy (non-hydrogen) atoms. The van der Waals surface area contributed by atoms with Crippen molar-refractivity contribution in [3.63, 3.8) is 0 Å². The second-order valence-corrected chi connectivity index (χ2v) is 6.71. The van der Waals surface area contributed by atoms with Crippen LogP contribution in [0.5, 0.6) is 5.75 Å². The Morgan fingerprint density at radius 3 is 2.64 bits per heavy atom. The third-order valence-electron chi connectivity index (χ3n) is 5.18. The number of rotatable bonds is 2. The molecular formula is C21H16N4O3. The minimum Gasteiger partial charge on any atom is -0.497 e. The molecule has 0 saturated heterocycles. The number of allylic oxidation sites excluding steroid dienone is 1. The molecule has 0 spiro atoms. The molecule has 0 fully saturated rings. The first-order valence-electron chi connectivity index (χ1n) is 8.77. The molecule has 2 heterocycles. The van der Waals surface area contributed by atoms with E-state index in [2.05, 4.69) is 15.3 Å². The summed E-state index contributed by atoms with van der Waals surface area (Å²) in [5, 5.41) is 3.17. The number of fused-ring (bicyclic) bond motifs is 3. The molecule has 4 N–H and O–H groups in total. The van der Waals surface area contributed by atoms with Crippen LogP contribution < -0.4 is 21.3 Å². The van der Waals surface area contributed by atoms with Crippen molar-refractivity contribution in [2.45, 2.75) is 5.92 Å². The Bertz CT molecular complexity index is 1240. The summed E-state index contributed by atoms with van der Waals surface area (Å²) in [4.78, 5) is 32.9. The van der Waals surface area contributed by atoms with Gasteiger partial charge in [-0.2, -0.15) is 4.98 Å². The smallest absolute Gasteiger partial charge is 0.258 e. The Hall–Kier alpha value is -3.87. The third-order valence-corrected chi connectivity index (χ3v) is 5.18. The number of aromatic nitrogens is 2. The lowest BCUT2D eigenvalue weighted by Crippen LogP contribution is -2.28. The molecule has 2 aromatic carbocycles. The standard InChI is InChI=1S/C21H16N4O3/c1-28-11-6-4-5-10(9-11)14-15-17(12-7-2-3-8-13(12)18(15)26)23-19-16(14)20(27)25-21(22)24-19/h2-9,14H,1H3,(H4,22,23,24,25,27)/t14-/m0/s1. The van der Waals surface area contributed by atoms with E-state index < -0.39 is 5.92 Å². The number of methoxy groups -OCH3 is 1.